The van der Waals surface area contributed by atoms with Crippen molar-refractivity contribution in [1.82, 2.24) is 14.9 Å². The molecule has 3 aromatic rings. The SMILES string of the molecule is CC(C)c1ccccc1NC(=O)C1CCN(Cc2nc3ccccc3[nH]2)CC1. The van der Waals surface area contributed by atoms with Gasteiger partial charge < -0.3 is 10.3 Å². The number of hydrogen-bond acceptors (Lipinski definition) is 3. The molecule has 0 atom stereocenters. The average molecular weight is 377 g/mol. The summed E-state index contributed by atoms with van der Waals surface area (Å²) in [6.07, 6.45) is 1.77. The van der Waals surface area contributed by atoms with E-state index < -0.39 is 0 Å². The number of H-pyrrole nitrogens is 1. The quantitative estimate of drug-likeness (QED) is 0.687. The first kappa shape index (κ1) is 18.7. The number of carbonyl (C=O) groups excluding carboxylic acids is 1. The molecule has 28 heavy (non-hydrogen) atoms. The Morgan fingerprint density at radius 2 is 1.86 bits per heavy atom. The Balaban J connectivity index is 1.33. The third-order valence-corrected chi connectivity index (χ3v) is 5.61. The molecule has 1 fully saturated rings. The van der Waals surface area contributed by atoms with E-state index in [9.17, 15) is 4.79 Å². The number of carbonyl (C=O) groups is 1. The summed E-state index contributed by atoms with van der Waals surface area (Å²) in [6, 6.07) is 16.2. The maximum Gasteiger partial charge on any atom is 0.227 e. The smallest absolute Gasteiger partial charge is 0.227 e. The number of fused-ring (bicyclic) bond motifs is 1. The van der Waals surface area contributed by atoms with Crippen LogP contribution in [0, 0.1) is 5.92 Å². The monoisotopic (exact) mass is 376 g/mol. The number of aromatic nitrogens is 2. The molecule has 0 saturated carbocycles. The van der Waals surface area contributed by atoms with Crippen molar-refractivity contribution in [3.8, 4) is 0 Å². The zero-order valence-electron chi connectivity index (χ0n) is 16.6. The van der Waals surface area contributed by atoms with Crippen LogP contribution in [0.25, 0.3) is 11.0 Å². The highest BCUT2D eigenvalue weighted by Gasteiger charge is 2.26. The lowest BCUT2D eigenvalue weighted by atomic mass is 9.95. The molecule has 5 nitrogen and oxygen atoms in total. The van der Waals surface area contributed by atoms with Crippen molar-refractivity contribution in [2.75, 3.05) is 18.4 Å². The predicted molar refractivity (Wildman–Crippen MR) is 113 cm³/mol. The molecule has 0 spiro atoms. The number of rotatable bonds is 5. The summed E-state index contributed by atoms with van der Waals surface area (Å²) < 4.78 is 0. The van der Waals surface area contributed by atoms with Gasteiger partial charge in [0.05, 0.1) is 17.6 Å². The van der Waals surface area contributed by atoms with Crippen molar-refractivity contribution in [2.24, 2.45) is 5.92 Å². The maximum atomic E-state index is 12.8. The number of benzene rings is 2. The zero-order valence-corrected chi connectivity index (χ0v) is 16.6. The van der Waals surface area contributed by atoms with Gasteiger partial charge in [-0.25, -0.2) is 4.98 Å². The number of aromatic amines is 1. The molecule has 5 heteroatoms. The summed E-state index contributed by atoms with van der Waals surface area (Å²) in [5, 5.41) is 3.17. The van der Waals surface area contributed by atoms with E-state index in [1.807, 2.05) is 36.4 Å². The first-order chi connectivity index (χ1) is 13.6. The summed E-state index contributed by atoms with van der Waals surface area (Å²) in [6.45, 7) is 6.95. The zero-order chi connectivity index (χ0) is 19.5. The van der Waals surface area contributed by atoms with Crippen LogP contribution < -0.4 is 5.32 Å². The molecular formula is C23H28N4O. The van der Waals surface area contributed by atoms with Gasteiger partial charge in [0.2, 0.25) is 5.91 Å². The van der Waals surface area contributed by atoms with E-state index in [0.717, 1.165) is 55.0 Å². The standard InChI is InChI=1S/C23H28N4O/c1-16(2)18-7-3-4-8-19(18)26-23(28)17-11-13-27(14-12-17)15-22-24-20-9-5-6-10-21(20)25-22/h3-10,16-17H,11-15H2,1-2H3,(H,24,25)(H,26,28). The van der Waals surface area contributed by atoms with Crippen LogP contribution in [-0.4, -0.2) is 33.9 Å². The number of anilines is 1. The molecule has 2 heterocycles. The molecule has 146 valence electrons. The minimum Gasteiger partial charge on any atom is -0.341 e. The molecular weight excluding hydrogens is 348 g/mol. The number of nitrogens with one attached hydrogen (secondary N) is 2. The molecule has 0 radical (unpaired) electrons. The summed E-state index contributed by atoms with van der Waals surface area (Å²) in [5.41, 5.74) is 4.23. The fourth-order valence-corrected chi connectivity index (χ4v) is 3.99. The van der Waals surface area contributed by atoms with Gasteiger partial charge in [0.25, 0.3) is 0 Å². The molecule has 0 bridgehead atoms. The van der Waals surface area contributed by atoms with Crippen LogP contribution in [0.4, 0.5) is 5.69 Å². The highest BCUT2D eigenvalue weighted by Crippen LogP contribution is 2.26. The minimum absolute atomic E-state index is 0.0761. The number of piperidine rings is 1. The molecule has 0 unspecified atom stereocenters. The van der Waals surface area contributed by atoms with Gasteiger partial charge >= 0.3 is 0 Å². The average Bonchev–Trinajstić information content (AvgIpc) is 3.11. The topological polar surface area (TPSA) is 61.0 Å². The van der Waals surface area contributed by atoms with Crippen molar-refractivity contribution in [2.45, 2.75) is 39.2 Å². The van der Waals surface area contributed by atoms with E-state index in [-0.39, 0.29) is 11.8 Å². The summed E-state index contributed by atoms with van der Waals surface area (Å²) in [4.78, 5) is 23.2. The molecule has 1 saturated heterocycles. The third-order valence-electron chi connectivity index (χ3n) is 5.61. The highest BCUT2D eigenvalue weighted by molar-refractivity contribution is 5.93. The van der Waals surface area contributed by atoms with Crippen LogP contribution in [0.5, 0.6) is 0 Å². The molecule has 2 N–H and O–H groups in total. The van der Waals surface area contributed by atoms with Gasteiger partial charge in [-0.1, -0.05) is 44.2 Å². The first-order valence-electron chi connectivity index (χ1n) is 10.2. The number of likely N-dealkylation sites (tertiary alicyclic amines) is 1. The Bertz CT molecular complexity index is 921. The van der Waals surface area contributed by atoms with Gasteiger partial charge in [0, 0.05) is 11.6 Å². The molecule has 1 aliphatic heterocycles. The number of para-hydroxylation sites is 3. The second-order valence-electron chi connectivity index (χ2n) is 7.98. The van der Waals surface area contributed by atoms with Gasteiger partial charge in [-0.05, 0) is 55.6 Å². The molecule has 4 rings (SSSR count). The lowest BCUT2D eigenvalue weighted by molar-refractivity contribution is -0.121. The Hall–Kier alpha value is -2.66. The van der Waals surface area contributed by atoms with Crippen LogP contribution >= 0.6 is 0 Å². The minimum atomic E-state index is 0.0761. The normalized spacial score (nSPS) is 16.0. The summed E-state index contributed by atoms with van der Waals surface area (Å²) >= 11 is 0. The van der Waals surface area contributed by atoms with Crippen LogP contribution in [0.2, 0.25) is 0 Å². The van der Waals surface area contributed by atoms with Crippen molar-refractivity contribution in [3.05, 3.63) is 59.9 Å². The predicted octanol–water partition coefficient (Wildman–Crippen LogP) is 4.54. The maximum absolute atomic E-state index is 12.8. The number of amides is 1. The summed E-state index contributed by atoms with van der Waals surface area (Å²) in [7, 11) is 0. The number of hydrogen-bond donors (Lipinski definition) is 2. The molecule has 1 amide bonds. The van der Waals surface area contributed by atoms with Crippen LogP contribution in [0.15, 0.2) is 48.5 Å². The van der Waals surface area contributed by atoms with Crippen LogP contribution in [0.1, 0.15) is 44.0 Å². The van der Waals surface area contributed by atoms with Gasteiger partial charge in [0.15, 0.2) is 0 Å². The second-order valence-corrected chi connectivity index (χ2v) is 7.98. The largest absolute Gasteiger partial charge is 0.341 e. The van der Waals surface area contributed by atoms with Gasteiger partial charge in [0.1, 0.15) is 5.82 Å². The van der Waals surface area contributed by atoms with Crippen LogP contribution in [0.3, 0.4) is 0 Å². The Labute approximate surface area is 166 Å². The van der Waals surface area contributed by atoms with E-state index >= 15 is 0 Å². The fourth-order valence-electron chi connectivity index (χ4n) is 3.99. The van der Waals surface area contributed by atoms with Gasteiger partial charge in [-0.2, -0.15) is 0 Å². The highest BCUT2D eigenvalue weighted by atomic mass is 16.1. The van der Waals surface area contributed by atoms with E-state index in [1.54, 1.807) is 0 Å². The van der Waals surface area contributed by atoms with E-state index in [0.29, 0.717) is 5.92 Å². The lowest BCUT2D eigenvalue weighted by Gasteiger charge is -2.30. The Morgan fingerprint density at radius 1 is 1.14 bits per heavy atom. The third kappa shape index (κ3) is 4.09. The Morgan fingerprint density at radius 3 is 2.61 bits per heavy atom. The van der Waals surface area contributed by atoms with Crippen LogP contribution in [-0.2, 0) is 11.3 Å². The van der Waals surface area contributed by atoms with Gasteiger partial charge in [-0.3, -0.25) is 9.69 Å². The first-order valence-corrected chi connectivity index (χ1v) is 10.2. The summed E-state index contributed by atoms with van der Waals surface area (Å²) in [5.74, 6) is 1.61. The van der Waals surface area contributed by atoms with E-state index in [1.165, 1.54) is 5.56 Å². The van der Waals surface area contributed by atoms with Crippen molar-refractivity contribution >= 4 is 22.6 Å². The molecule has 2 aromatic carbocycles. The van der Waals surface area contributed by atoms with E-state index in [2.05, 4.69) is 46.2 Å². The number of imidazole rings is 1. The van der Waals surface area contributed by atoms with Crippen molar-refractivity contribution < 1.29 is 4.79 Å². The number of nitrogens with zero attached hydrogens (tertiary/aromatic N) is 2. The molecule has 1 aliphatic rings. The van der Waals surface area contributed by atoms with Crippen molar-refractivity contribution in [3.63, 3.8) is 0 Å². The lowest BCUT2D eigenvalue weighted by Crippen LogP contribution is -2.38. The Kier molecular flexibility index (Phi) is 5.44. The van der Waals surface area contributed by atoms with Gasteiger partial charge in [-0.15, -0.1) is 0 Å². The van der Waals surface area contributed by atoms with E-state index in [4.69, 9.17) is 0 Å². The fraction of sp³-hybridized carbons (Fsp3) is 0.391. The van der Waals surface area contributed by atoms with Crippen molar-refractivity contribution in [1.29, 1.82) is 0 Å². The second kappa shape index (κ2) is 8.15. The molecule has 0 aliphatic carbocycles. The molecule has 1 aromatic heterocycles.